The van der Waals surface area contributed by atoms with Gasteiger partial charge in [0, 0.05) is 18.8 Å². The molecule has 1 heterocycles. The highest BCUT2D eigenvalue weighted by Gasteiger charge is 2.22. The maximum absolute atomic E-state index is 13.3. The number of benzene rings is 1. The number of carbonyl (C=O) groups is 1. The summed E-state index contributed by atoms with van der Waals surface area (Å²) in [6.45, 7) is 3.43. The van der Waals surface area contributed by atoms with E-state index in [0.29, 0.717) is 5.69 Å². The number of nitrogens with one attached hydrogen (secondary N) is 1. The molecule has 1 N–H and O–H groups in total. The van der Waals surface area contributed by atoms with Crippen molar-refractivity contribution in [3.8, 4) is 0 Å². The van der Waals surface area contributed by atoms with Gasteiger partial charge in [-0.15, -0.1) is 0 Å². The molecule has 1 amide bonds. The van der Waals surface area contributed by atoms with E-state index in [0.717, 1.165) is 25.9 Å². The van der Waals surface area contributed by atoms with Gasteiger partial charge >= 0.3 is 0 Å². The van der Waals surface area contributed by atoms with E-state index in [1.165, 1.54) is 18.6 Å². The Labute approximate surface area is 117 Å². The first-order valence-electron chi connectivity index (χ1n) is 6.58. The molecule has 0 aromatic heterocycles. The molecule has 5 heteroatoms. The number of hydrogen-bond donors (Lipinski definition) is 1. The molecule has 3 nitrogen and oxygen atoms in total. The van der Waals surface area contributed by atoms with Crippen molar-refractivity contribution in [2.45, 2.75) is 32.2 Å². The molecule has 104 valence electrons. The number of likely N-dealkylation sites (tertiary alicyclic amines) is 1. The normalized spacial score (nSPS) is 17.1. The van der Waals surface area contributed by atoms with Gasteiger partial charge in [-0.2, -0.15) is 0 Å². The minimum Gasteiger partial charge on any atom is -0.374 e. The zero-order valence-electron chi connectivity index (χ0n) is 11.0. The van der Waals surface area contributed by atoms with Gasteiger partial charge in [-0.25, -0.2) is 4.39 Å². The molecule has 1 unspecified atom stereocenters. The highest BCUT2D eigenvalue weighted by Crippen LogP contribution is 2.20. The third-order valence-electron chi connectivity index (χ3n) is 3.34. The molecular formula is C14H18ClFN2O. The molecule has 1 aliphatic rings. The van der Waals surface area contributed by atoms with Crippen LogP contribution in [0.2, 0.25) is 5.02 Å². The molecule has 1 saturated heterocycles. The smallest absolute Gasteiger partial charge is 0.244 e. The number of rotatable bonds is 3. The van der Waals surface area contributed by atoms with Gasteiger partial charge in [-0.1, -0.05) is 11.6 Å². The first-order chi connectivity index (χ1) is 9.08. The van der Waals surface area contributed by atoms with E-state index in [1.807, 2.05) is 4.90 Å². The van der Waals surface area contributed by atoms with Gasteiger partial charge in [0.15, 0.2) is 0 Å². The Hall–Kier alpha value is -1.29. The van der Waals surface area contributed by atoms with Crippen LogP contribution in [0.4, 0.5) is 10.1 Å². The lowest BCUT2D eigenvalue weighted by molar-refractivity contribution is -0.132. The summed E-state index contributed by atoms with van der Waals surface area (Å²) in [7, 11) is 0. The molecule has 2 rings (SSSR count). The average molecular weight is 285 g/mol. The number of halogens is 2. The Balaban J connectivity index is 1.97. The minimum atomic E-state index is -0.482. The van der Waals surface area contributed by atoms with E-state index in [1.54, 1.807) is 13.0 Å². The van der Waals surface area contributed by atoms with E-state index < -0.39 is 5.82 Å². The summed E-state index contributed by atoms with van der Waals surface area (Å²) in [6, 6.07) is 4.10. The first-order valence-corrected chi connectivity index (χ1v) is 6.96. The van der Waals surface area contributed by atoms with E-state index >= 15 is 0 Å². The fourth-order valence-corrected chi connectivity index (χ4v) is 2.40. The molecule has 1 aromatic carbocycles. The third-order valence-corrected chi connectivity index (χ3v) is 3.65. The van der Waals surface area contributed by atoms with Gasteiger partial charge < -0.3 is 10.2 Å². The fraction of sp³-hybridized carbons (Fsp3) is 0.500. The summed E-state index contributed by atoms with van der Waals surface area (Å²) in [6.07, 6.45) is 3.32. The van der Waals surface area contributed by atoms with Crippen molar-refractivity contribution in [2.75, 3.05) is 18.4 Å². The molecule has 0 aliphatic carbocycles. The Morgan fingerprint density at radius 2 is 2.05 bits per heavy atom. The van der Waals surface area contributed by atoms with E-state index in [2.05, 4.69) is 5.32 Å². The van der Waals surface area contributed by atoms with Crippen LogP contribution in [0.15, 0.2) is 18.2 Å². The molecule has 1 atom stereocenters. The van der Waals surface area contributed by atoms with Crippen LogP contribution in [0.1, 0.15) is 26.2 Å². The van der Waals surface area contributed by atoms with Crippen LogP contribution in [-0.4, -0.2) is 29.9 Å². The molecular weight excluding hydrogens is 267 g/mol. The summed E-state index contributed by atoms with van der Waals surface area (Å²) in [5.41, 5.74) is 0.569. The fourth-order valence-electron chi connectivity index (χ4n) is 2.29. The van der Waals surface area contributed by atoms with Crippen LogP contribution in [0.3, 0.4) is 0 Å². The van der Waals surface area contributed by atoms with Gasteiger partial charge in [0.2, 0.25) is 5.91 Å². The van der Waals surface area contributed by atoms with Crippen molar-refractivity contribution >= 4 is 23.2 Å². The second kappa shape index (κ2) is 6.24. The quantitative estimate of drug-likeness (QED) is 0.924. The summed E-state index contributed by atoms with van der Waals surface area (Å²) in [5.74, 6) is -0.417. The van der Waals surface area contributed by atoms with Crippen LogP contribution in [0, 0.1) is 5.82 Å². The zero-order chi connectivity index (χ0) is 13.8. The number of piperidine rings is 1. The van der Waals surface area contributed by atoms with Crippen molar-refractivity contribution in [2.24, 2.45) is 0 Å². The lowest BCUT2D eigenvalue weighted by Gasteiger charge is -2.29. The predicted octanol–water partition coefficient (Wildman–Crippen LogP) is 3.29. The Kier molecular flexibility index (Phi) is 4.64. The van der Waals surface area contributed by atoms with Gasteiger partial charge in [0.05, 0.1) is 5.02 Å². The molecule has 1 fully saturated rings. The number of hydrogen-bond acceptors (Lipinski definition) is 2. The standard InChI is InChI=1S/C14H18ClFN2O/c1-10(14(19)18-7-3-2-4-8-18)17-11-5-6-12(15)13(16)9-11/h5-6,9-10,17H,2-4,7-8H2,1H3. The number of anilines is 1. The monoisotopic (exact) mass is 284 g/mol. The zero-order valence-corrected chi connectivity index (χ0v) is 11.7. The highest BCUT2D eigenvalue weighted by atomic mass is 35.5. The summed E-state index contributed by atoms with van der Waals surface area (Å²) in [5, 5.41) is 3.10. The summed E-state index contributed by atoms with van der Waals surface area (Å²) < 4.78 is 13.3. The maximum Gasteiger partial charge on any atom is 0.244 e. The van der Waals surface area contributed by atoms with E-state index in [9.17, 15) is 9.18 Å². The van der Waals surface area contributed by atoms with Crippen LogP contribution in [-0.2, 0) is 4.79 Å². The van der Waals surface area contributed by atoms with Crippen LogP contribution >= 0.6 is 11.6 Å². The van der Waals surface area contributed by atoms with Crippen molar-refractivity contribution < 1.29 is 9.18 Å². The maximum atomic E-state index is 13.3. The molecule has 1 aliphatic heterocycles. The highest BCUT2D eigenvalue weighted by molar-refractivity contribution is 6.30. The summed E-state index contributed by atoms with van der Waals surface area (Å²) >= 11 is 5.62. The largest absolute Gasteiger partial charge is 0.374 e. The Morgan fingerprint density at radius 3 is 2.68 bits per heavy atom. The molecule has 0 radical (unpaired) electrons. The topological polar surface area (TPSA) is 32.3 Å². The molecule has 0 spiro atoms. The molecule has 1 aromatic rings. The summed E-state index contributed by atoms with van der Waals surface area (Å²) in [4.78, 5) is 14.1. The Morgan fingerprint density at radius 1 is 1.37 bits per heavy atom. The van der Waals surface area contributed by atoms with Crippen LogP contribution in [0.5, 0.6) is 0 Å². The van der Waals surface area contributed by atoms with Crippen LogP contribution < -0.4 is 5.32 Å². The predicted molar refractivity (Wildman–Crippen MR) is 74.9 cm³/mol. The minimum absolute atomic E-state index is 0.0649. The molecule has 0 bridgehead atoms. The second-order valence-corrected chi connectivity index (χ2v) is 5.29. The van der Waals surface area contributed by atoms with Crippen molar-refractivity contribution in [1.29, 1.82) is 0 Å². The number of nitrogens with zero attached hydrogens (tertiary/aromatic N) is 1. The van der Waals surface area contributed by atoms with Gasteiger partial charge in [-0.3, -0.25) is 4.79 Å². The van der Waals surface area contributed by atoms with E-state index in [-0.39, 0.29) is 17.0 Å². The number of carbonyl (C=O) groups excluding carboxylic acids is 1. The van der Waals surface area contributed by atoms with Gasteiger partial charge in [-0.05, 0) is 44.4 Å². The third kappa shape index (κ3) is 3.60. The lowest BCUT2D eigenvalue weighted by Crippen LogP contribution is -2.43. The van der Waals surface area contributed by atoms with Gasteiger partial charge in [0.1, 0.15) is 11.9 Å². The lowest BCUT2D eigenvalue weighted by atomic mass is 10.1. The average Bonchev–Trinajstić information content (AvgIpc) is 2.43. The molecule has 19 heavy (non-hydrogen) atoms. The molecule has 0 saturated carbocycles. The van der Waals surface area contributed by atoms with Crippen molar-refractivity contribution in [1.82, 2.24) is 4.90 Å². The Bertz CT molecular complexity index is 461. The van der Waals surface area contributed by atoms with Crippen LogP contribution in [0.25, 0.3) is 0 Å². The second-order valence-electron chi connectivity index (χ2n) is 4.88. The van der Waals surface area contributed by atoms with Gasteiger partial charge in [0.25, 0.3) is 0 Å². The van der Waals surface area contributed by atoms with Crippen molar-refractivity contribution in [3.05, 3.63) is 29.0 Å². The van der Waals surface area contributed by atoms with Crippen molar-refractivity contribution in [3.63, 3.8) is 0 Å². The first kappa shape index (κ1) is 14.1. The number of amides is 1. The van der Waals surface area contributed by atoms with E-state index in [4.69, 9.17) is 11.6 Å². The SMILES string of the molecule is CC(Nc1ccc(Cl)c(F)c1)C(=O)N1CCCCC1.